The summed E-state index contributed by atoms with van der Waals surface area (Å²) in [5.74, 6) is 0.550. The summed E-state index contributed by atoms with van der Waals surface area (Å²) in [6.45, 7) is 0. The van der Waals surface area contributed by atoms with Crippen molar-refractivity contribution in [2.75, 3.05) is 0 Å². The van der Waals surface area contributed by atoms with E-state index in [1.165, 1.54) is 50.2 Å². The second-order valence-electron chi connectivity index (χ2n) is 5.82. The monoisotopic (exact) mass is 268 g/mol. The first-order valence-electron chi connectivity index (χ1n) is 7.69. The van der Waals surface area contributed by atoms with Gasteiger partial charge in [-0.1, -0.05) is 62.1 Å². The van der Waals surface area contributed by atoms with Crippen LogP contribution in [0.25, 0.3) is 11.1 Å². The molecule has 0 spiro atoms. The van der Waals surface area contributed by atoms with Gasteiger partial charge < -0.3 is 0 Å². The van der Waals surface area contributed by atoms with Crippen LogP contribution in [0.5, 0.6) is 0 Å². The Morgan fingerprint density at radius 3 is 2.10 bits per heavy atom. The molecule has 104 valence electrons. The van der Waals surface area contributed by atoms with E-state index >= 15 is 0 Å². The van der Waals surface area contributed by atoms with E-state index in [0.29, 0.717) is 0 Å². The second-order valence-corrected chi connectivity index (χ2v) is 5.82. The Kier molecular flexibility index (Phi) is 4.15. The van der Waals surface area contributed by atoms with Crippen LogP contribution >= 0.6 is 0 Å². The van der Waals surface area contributed by atoms with Gasteiger partial charge in [0.15, 0.2) is 0 Å². The molecular weight excluding hydrogens is 247 g/mol. The van der Waals surface area contributed by atoms with E-state index in [0.717, 1.165) is 17.0 Å². The second kappa shape index (κ2) is 6.21. The molecule has 0 aromatic heterocycles. The van der Waals surface area contributed by atoms with Crippen molar-refractivity contribution in [1.29, 1.82) is 0 Å². The fourth-order valence-electron chi connectivity index (χ4n) is 3.23. The topological polar surface area (TPSA) is 0 Å². The van der Waals surface area contributed by atoms with Gasteiger partial charge in [-0.2, -0.15) is 0 Å². The van der Waals surface area contributed by atoms with Crippen LogP contribution in [0, 0.1) is 5.82 Å². The van der Waals surface area contributed by atoms with Gasteiger partial charge in [-0.25, -0.2) is 4.39 Å². The highest BCUT2D eigenvalue weighted by molar-refractivity contribution is 5.63. The van der Waals surface area contributed by atoms with Crippen LogP contribution in [0.3, 0.4) is 0 Å². The van der Waals surface area contributed by atoms with Gasteiger partial charge in [0.25, 0.3) is 0 Å². The fourth-order valence-corrected chi connectivity index (χ4v) is 3.23. The number of halogens is 1. The van der Waals surface area contributed by atoms with Crippen molar-refractivity contribution in [3.05, 3.63) is 59.9 Å². The molecule has 0 nitrogen and oxygen atoms in total. The third kappa shape index (κ3) is 3.09. The highest BCUT2D eigenvalue weighted by Crippen LogP contribution is 2.32. The number of hydrogen-bond acceptors (Lipinski definition) is 0. The van der Waals surface area contributed by atoms with Crippen LogP contribution in [-0.4, -0.2) is 0 Å². The quantitative estimate of drug-likeness (QED) is 0.592. The summed E-state index contributed by atoms with van der Waals surface area (Å²) in [5, 5.41) is 0. The highest BCUT2D eigenvalue weighted by atomic mass is 19.1. The zero-order valence-corrected chi connectivity index (χ0v) is 11.8. The van der Waals surface area contributed by atoms with E-state index in [4.69, 9.17) is 0 Å². The van der Waals surface area contributed by atoms with Gasteiger partial charge in [0, 0.05) is 0 Å². The molecular formula is C19H21F. The lowest BCUT2D eigenvalue weighted by Crippen LogP contribution is -1.96. The maximum Gasteiger partial charge on any atom is 0.123 e. The minimum atomic E-state index is -0.171. The van der Waals surface area contributed by atoms with Crippen LogP contribution in [-0.2, 0) is 0 Å². The maximum atomic E-state index is 13.3. The highest BCUT2D eigenvalue weighted by Gasteiger charge is 2.14. The van der Waals surface area contributed by atoms with Crippen molar-refractivity contribution in [3.8, 4) is 11.1 Å². The van der Waals surface area contributed by atoms with Crippen molar-refractivity contribution < 1.29 is 4.39 Å². The zero-order valence-electron chi connectivity index (χ0n) is 11.8. The SMILES string of the molecule is Fc1cccc(-c2ccc(C3CCCCCC3)cc2)c1. The Morgan fingerprint density at radius 2 is 1.45 bits per heavy atom. The molecule has 0 atom stereocenters. The third-order valence-electron chi connectivity index (χ3n) is 4.40. The molecule has 0 radical (unpaired) electrons. The smallest absolute Gasteiger partial charge is 0.123 e. The molecule has 3 rings (SSSR count). The van der Waals surface area contributed by atoms with Gasteiger partial charge in [0.2, 0.25) is 0 Å². The first-order chi connectivity index (χ1) is 9.83. The number of benzene rings is 2. The number of hydrogen-bond donors (Lipinski definition) is 0. The van der Waals surface area contributed by atoms with Crippen molar-refractivity contribution in [1.82, 2.24) is 0 Å². The minimum Gasteiger partial charge on any atom is -0.207 e. The molecule has 0 saturated heterocycles. The van der Waals surface area contributed by atoms with E-state index in [9.17, 15) is 4.39 Å². The fraction of sp³-hybridized carbons (Fsp3) is 0.368. The van der Waals surface area contributed by atoms with Crippen LogP contribution in [0.1, 0.15) is 50.0 Å². The van der Waals surface area contributed by atoms with E-state index in [2.05, 4.69) is 24.3 Å². The Morgan fingerprint density at radius 1 is 0.750 bits per heavy atom. The maximum absolute atomic E-state index is 13.3. The van der Waals surface area contributed by atoms with E-state index < -0.39 is 0 Å². The molecule has 1 fully saturated rings. The Balaban J connectivity index is 1.80. The molecule has 0 bridgehead atoms. The van der Waals surface area contributed by atoms with Crippen LogP contribution in [0.15, 0.2) is 48.5 Å². The minimum absolute atomic E-state index is 0.171. The summed E-state index contributed by atoms with van der Waals surface area (Å²) in [6, 6.07) is 15.5. The average Bonchev–Trinajstić information content (AvgIpc) is 2.76. The van der Waals surface area contributed by atoms with Gasteiger partial charge in [0.1, 0.15) is 5.82 Å². The lowest BCUT2D eigenvalue weighted by molar-refractivity contribution is 0.592. The van der Waals surface area contributed by atoms with Gasteiger partial charge in [-0.05, 0) is 47.6 Å². The summed E-state index contributed by atoms with van der Waals surface area (Å²) >= 11 is 0. The first kappa shape index (κ1) is 13.4. The predicted octanol–water partition coefficient (Wildman–Crippen LogP) is 5.93. The van der Waals surface area contributed by atoms with Gasteiger partial charge >= 0.3 is 0 Å². The molecule has 2 aromatic rings. The van der Waals surface area contributed by atoms with Crippen LogP contribution in [0.4, 0.5) is 4.39 Å². The van der Waals surface area contributed by atoms with Crippen molar-refractivity contribution in [2.45, 2.75) is 44.4 Å². The van der Waals surface area contributed by atoms with Crippen LogP contribution < -0.4 is 0 Å². The van der Waals surface area contributed by atoms with E-state index in [1.54, 1.807) is 12.1 Å². The Labute approximate surface area is 120 Å². The third-order valence-corrected chi connectivity index (χ3v) is 4.40. The predicted molar refractivity (Wildman–Crippen MR) is 82.3 cm³/mol. The largest absolute Gasteiger partial charge is 0.207 e. The standard InChI is InChI=1S/C19H21F/c20-19-9-5-8-18(14-19)17-12-10-16(11-13-17)15-6-3-1-2-4-7-15/h5,8-15H,1-4,6-7H2. The average molecular weight is 268 g/mol. The lowest BCUT2D eigenvalue weighted by atomic mass is 9.90. The summed E-state index contributed by atoms with van der Waals surface area (Å²) in [7, 11) is 0. The molecule has 2 aromatic carbocycles. The Bertz CT molecular complexity index is 548. The van der Waals surface area contributed by atoms with Crippen LogP contribution in [0.2, 0.25) is 0 Å². The van der Waals surface area contributed by atoms with E-state index in [-0.39, 0.29) is 5.82 Å². The summed E-state index contributed by atoms with van der Waals surface area (Å²) in [6.07, 6.45) is 8.13. The van der Waals surface area contributed by atoms with Crippen molar-refractivity contribution >= 4 is 0 Å². The Hall–Kier alpha value is -1.63. The molecule has 1 saturated carbocycles. The molecule has 0 N–H and O–H groups in total. The van der Waals surface area contributed by atoms with Gasteiger partial charge in [-0.3, -0.25) is 0 Å². The molecule has 1 heteroatoms. The first-order valence-corrected chi connectivity index (χ1v) is 7.69. The van der Waals surface area contributed by atoms with Gasteiger partial charge in [0.05, 0.1) is 0 Å². The zero-order chi connectivity index (χ0) is 13.8. The summed E-state index contributed by atoms with van der Waals surface area (Å²) in [5.41, 5.74) is 3.51. The molecule has 1 aliphatic rings. The summed E-state index contributed by atoms with van der Waals surface area (Å²) < 4.78 is 13.3. The molecule has 0 unspecified atom stereocenters. The summed E-state index contributed by atoms with van der Waals surface area (Å²) in [4.78, 5) is 0. The van der Waals surface area contributed by atoms with Crippen molar-refractivity contribution in [2.24, 2.45) is 0 Å². The van der Waals surface area contributed by atoms with Crippen molar-refractivity contribution in [3.63, 3.8) is 0 Å². The molecule has 1 aliphatic carbocycles. The van der Waals surface area contributed by atoms with Gasteiger partial charge in [-0.15, -0.1) is 0 Å². The molecule has 0 heterocycles. The molecule has 20 heavy (non-hydrogen) atoms. The molecule has 0 amide bonds. The van der Waals surface area contributed by atoms with E-state index in [1.807, 2.05) is 6.07 Å². The normalized spacial score (nSPS) is 16.9. The molecule has 0 aliphatic heterocycles. The lowest BCUT2D eigenvalue weighted by Gasteiger charge is -2.15. The number of rotatable bonds is 2.